The number of aryl methyl sites for hydroxylation is 1. The highest BCUT2D eigenvalue weighted by Crippen LogP contribution is 2.22. The molecule has 0 aromatic heterocycles. The van der Waals surface area contributed by atoms with Crippen LogP contribution in [-0.4, -0.2) is 43.0 Å². The molecule has 0 fully saturated rings. The number of nitrogens with zero attached hydrogens (tertiary/aromatic N) is 1. The van der Waals surface area contributed by atoms with Crippen molar-refractivity contribution in [1.82, 2.24) is 10.2 Å². The summed E-state index contributed by atoms with van der Waals surface area (Å²) in [4.78, 5) is 27.3. The van der Waals surface area contributed by atoms with Crippen LogP contribution >= 0.6 is 15.9 Å². The second kappa shape index (κ2) is 12.3. The first kappa shape index (κ1) is 24.7. The van der Waals surface area contributed by atoms with Crippen molar-refractivity contribution in [2.24, 2.45) is 0 Å². The fourth-order valence-corrected chi connectivity index (χ4v) is 3.27. The maximum atomic E-state index is 13.1. The first-order chi connectivity index (χ1) is 14.8. The van der Waals surface area contributed by atoms with Crippen LogP contribution in [0.2, 0.25) is 0 Å². The molecule has 0 spiro atoms. The molecule has 0 aliphatic carbocycles. The zero-order chi connectivity index (χ0) is 22.8. The highest BCUT2D eigenvalue weighted by molar-refractivity contribution is 9.10. The molecule has 1 N–H and O–H groups in total. The minimum absolute atomic E-state index is 0.155. The predicted molar refractivity (Wildman–Crippen MR) is 125 cm³/mol. The predicted octanol–water partition coefficient (Wildman–Crippen LogP) is 4.48. The molecule has 31 heavy (non-hydrogen) atoms. The number of ether oxygens (including phenoxy) is 2. The van der Waals surface area contributed by atoms with Gasteiger partial charge in [0.1, 0.15) is 17.5 Å². The Hall–Kier alpha value is -2.54. The molecule has 0 bridgehead atoms. The van der Waals surface area contributed by atoms with E-state index in [2.05, 4.69) is 28.2 Å². The summed E-state index contributed by atoms with van der Waals surface area (Å²) in [5.74, 6) is 0.868. The van der Waals surface area contributed by atoms with Crippen LogP contribution in [0.25, 0.3) is 0 Å². The molecule has 0 aliphatic rings. The van der Waals surface area contributed by atoms with Crippen LogP contribution in [0, 0.1) is 6.92 Å². The molecule has 7 heteroatoms. The summed E-state index contributed by atoms with van der Waals surface area (Å²) in [5.41, 5.74) is 1.89. The van der Waals surface area contributed by atoms with Gasteiger partial charge in [0.15, 0.2) is 6.61 Å². The van der Waals surface area contributed by atoms with E-state index in [4.69, 9.17) is 9.47 Å². The Balaban J connectivity index is 2.14. The van der Waals surface area contributed by atoms with Crippen molar-refractivity contribution in [1.29, 1.82) is 0 Å². The monoisotopic (exact) mass is 490 g/mol. The lowest BCUT2D eigenvalue weighted by atomic mass is 10.1. The van der Waals surface area contributed by atoms with E-state index in [9.17, 15) is 9.59 Å². The third-order valence-electron chi connectivity index (χ3n) is 4.98. The minimum Gasteiger partial charge on any atom is -0.497 e. The van der Waals surface area contributed by atoms with Gasteiger partial charge in [-0.3, -0.25) is 9.59 Å². The van der Waals surface area contributed by atoms with E-state index in [1.165, 1.54) is 0 Å². The average molecular weight is 491 g/mol. The van der Waals surface area contributed by atoms with Gasteiger partial charge >= 0.3 is 0 Å². The number of carbonyl (C=O) groups excluding carboxylic acids is 2. The van der Waals surface area contributed by atoms with Gasteiger partial charge in [-0.1, -0.05) is 41.4 Å². The van der Waals surface area contributed by atoms with Crippen LogP contribution in [0.3, 0.4) is 0 Å². The zero-order valence-corrected chi connectivity index (χ0v) is 20.2. The quantitative estimate of drug-likeness (QED) is 0.471. The van der Waals surface area contributed by atoms with Crippen molar-refractivity contribution in [3.05, 3.63) is 58.1 Å². The summed E-state index contributed by atoms with van der Waals surface area (Å²) in [6.07, 6.45) is 1.88. The Kier molecular flexibility index (Phi) is 9.85. The lowest BCUT2D eigenvalue weighted by molar-refractivity contribution is -0.142. The standard InChI is InChI=1S/C24H31BrN2O4/c1-5-6-12-26-24(29)18(3)27(15-19-8-7-9-20(14-19)30-4)23(28)16-31-21-10-11-22(25)17(2)13-21/h7-11,13-14,18H,5-6,12,15-16H2,1-4H3,(H,26,29). The smallest absolute Gasteiger partial charge is 0.261 e. The molecule has 2 aromatic carbocycles. The van der Waals surface area contributed by atoms with Crippen molar-refractivity contribution in [3.8, 4) is 11.5 Å². The number of nitrogens with one attached hydrogen (secondary N) is 1. The van der Waals surface area contributed by atoms with Crippen LogP contribution in [0.15, 0.2) is 46.9 Å². The number of halogens is 1. The first-order valence-corrected chi connectivity index (χ1v) is 11.2. The Morgan fingerprint density at radius 3 is 2.61 bits per heavy atom. The molecule has 2 amide bonds. The number of unbranched alkanes of at least 4 members (excludes halogenated alkanes) is 1. The maximum absolute atomic E-state index is 13.1. The molecule has 6 nitrogen and oxygen atoms in total. The molecule has 0 saturated heterocycles. The van der Waals surface area contributed by atoms with Gasteiger partial charge in [-0.25, -0.2) is 0 Å². The highest BCUT2D eigenvalue weighted by atomic mass is 79.9. The fourth-order valence-electron chi connectivity index (χ4n) is 3.02. The van der Waals surface area contributed by atoms with E-state index < -0.39 is 6.04 Å². The largest absolute Gasteiger partial charge is 0.497 e. The Bertz CT molecular complexity index is 888. The summed E-state index contributed by atoms with van der Waals surface area (Å²) >= 11 is 3.46. The molecule has 168 valence electrons. The van der Waals surface area contributed by atoms with Crippen LogP contribution in [0.1, 0.15) is 37.8 Å². The van der Waals surface area contributed by atoms with E-state index in [0.717, 1.165) is 28.4 Å². The van der Waals surface area contributed by atoms with Gasteiger partial charge in [-0.2, -0.15) is 0 Å². The van der Waals surface area contributed by atoms with E-state index in [-0.39, 0.29) is 25.0 Å². The normalized spacial score (nSPS) is 11.5. The lowest BCUT2D eigenvalue weighted by Crippen LogP contribution is -2.49. The Morgan fingerprint density at radius 1 is 1.16 bits per heavy atom. The van der Waals surface area contributed by atoms with Crippen molar-refractivity contribution < 1.29 is 19.1 Å². The number of amides is 2. The number of carbonyl (C=O) groups is 2. The van der Waals surface area contributed by atoms with Crippen LogP contribution in [0.4, 0.5) is 0 Å². The molecular formula is C24H31BrN2O4. The summed E-state index contributed by atoms with van der Waals surface area (Å²) in [6.45, 7) is 6.48. The van der Waals surface area contributed by atoms with Gasteiger partial charge in [0.05, 0.1) is 7.11 Å². The minimum atomic E-state index is -0.634. The van der Waals surface area contributed by atoms with Gasteiger partial charge in [0.25, 0.3) is 5.91 Å². The van der Waals surface area contributed by atoms with Crippen molar-refractivity contribution in [2.45, 2.75) is 46.2 Å². The number of hydrogen-bond acceptors (Lipinski definition) is 4. The second-order valence-corrected chi connectivity index (χ2v) is 8.25. The Morgan fingerprint density at radius 2 is 1.94 bits per heavy atom. The first-order valence-electron chi connectivity index (χ1n) is 10.4. The molecule has 0 saturated carbocycles. The molecule has 1 atom stereocenters. The second-order valence-electron chi connectivity index (χ2n) is 7.39. The third kappa shape index (κ3) is 7.58. The molecule has 0 aliphatic heterocycles. The molecule has 1 unspecified atom stereocenters. The molecule has 0 radical (unpaired) electrons. The van der Waals surface area contributed by atoms with E-state index in [1.807, 2.05) is 43.3 Å². The van der Waals surface area contributed by atoms with E-state index >= 15 is 0 Å². The van der Waals surface area contributed by atoms with Crippen LogP contribution in [-0.2, 0) is 16.1 Å². The summed E-state index contributed by atoms with van der Waals surface area (Å²) in [5, 5.41) is 2.91. The van der Waals surface area contributed by atoms with Crippen LogP contribution < -0.4 is 14.8 Å². The van der Waals surface area contributed by atoms with Crippen LogP contribution in [0.5, 0.6) is 11.5 Å². The van der Waals surface area contributed by atoms with Gasteiger partial charge < -0.3 is 19.7 Å². The van der Waals surface area contributed by atoms with Gasteiger partial charge in [0, 0.05) is 17.6 Å². The number of rotatable bonds is 11. The zero-order valence-electron chi connectivity index (χ0n) is 18.6. The van der Waals surface area contributed by atoms with Gasteiger partial charge in [-0.05, 0) is 61.7 Å². The van der Waals surface area contributed by atoms with E-state index in [1.54, 1.807) is 25.0 Å². The maximum Gasteiger partial charge on any atom is 0.261 e. The van der Waals surface area contributed by atoms with Gasteiger partial charge in [0.2, 0.25) is 5.91 Å². The third-order valence-corrected chi connectivity index (χ3v) is 5.87. The summed E-state index contributed by atoms with van der Waals surface area (Å²) in [7, 11) is 1.60. The molecular weight excluding hydrogens is 460 g/mol. The number of methoxy groups -OCH3 is 1. The number of benzene rings is 2. The summed E-state index contributed by atoms with van der Waals surface area (Å²) in [6, 6.07) is 12.4. The highest BCUT2D eigenvalue weighted by Gasteiger charge is 2.26. The average Bonchev–Trinajstić information content (AvgIpc) is 2.77. The fraction of sp³-hybridized carbons (Fsp3) is 0.417. The SMILES string of the molecule is CCCCNC(=O)C(C)N(Cc1cccc(OC)c1)C(=O)COc1ccc(Br)c(C)c1. The lowest BCUT2D eigenvalue weighted by Gasteiger charge is -2.29. The van der Waals surface area contributed by atoms with Crippen molar-refractivity contribution >= 4 is 27.7 Å². The molecule has 2 rings (SSSR count). The summed E-state index contributed by atoms with van der Waals surface area (Å²) < 4.78 is 12.0. The van der Waals surface area contributed by atoms with Crippen molar-refractivity contribution in [2.75, 3.05) is 20.3 Å². The number of hydrogen-bond donors (Lipinski definition) is 1. The topological polar surface area (TPSA) is 67.9 Å². The Labute approximate surface area is 193 Å². The molecule has 0 heterocycles. The van der Waals surface area contributed by atoms with Crippen molar-refractivity contribution in [3.63, 3.8) is 0 Å². The van der Waals surface area contributed by atoms with E-state index in [0.29, 0.717) is 18.0 Å². The van der Waals surface area contributed by atoms with Gasteiger partial charge in [-0.15, -0.1) is 0 Å². The molecule has 2 aromatic rings.